The fourth-order valence-corrected chi connectivity index (χ4v) is 1.93. The largest absolute Gasteiger partial charge is 0.373 e. The summed E-state index contributed by atoms with van der Waals surface area (Å²) in [5.74, 6) is 1.50. The van der Waals surface area contributed by atoms with Crippen LogP contribution in [0.3, 0.4) is 0 Å². The Labute approximate surface area is 110 Å². The lowest BCUT2D eigenvalue weighted by Gasteiger charge is -2.06. The molecule has 1 aromatic carbocycles. The summed E-state index contributed by atoms with van der Waals surface area (Å²) in [7, 11) is 1.84. The van der Waals surface area contributed by atoms with Gasteiger partial charge in [0.25, 0.3) is 0 Å². The molecule has 0 amide bonds. The van der Waals surface area contributed by atoms with Crippen LogP contribution >= 0.6 is 0 Å². The van der Waals surface area contributed by atoms with Gasteiger partial charge in [-0.15, -0.1) is 0 Å². The molecule has 2 aromatic heterocycles. The molecule has 19 heavy (non-hydrogen) atoms. The van der Waals surface area contributed by atoms with Crippen molar-refractivity contribution in [3.05, 3.63) is 42.4 Å². The fraction of sp³-hybridized carbons (Fsp3) is 0.143. The Bertz CT molecular complexity index is 739. The Kier molecular flexibility index (Phi) is 2.79. The maximum Gasteiger partial charge on any atom is 0.161 e. The standard InChI is InChI=1S/C14H13N5/c1-9-7-13(15-2)19-14(18-9)10-3-4-11-12(8-10)17-6-5-16-11/h3-8H,1-2H3,(H,15,18,19). The van der Waals surface area contributed by atoms with E-state index < -0.39 is 0 Å². The Morgan fingerprint density at radius 2 is 1.74 bits per heavy atom. The number of aromatic nitrogens is 4. The predicted molar refractivity (Wildman–Crippen MR) is 74.8 cm³/mol. The molecule has 0 saturated heterocycles. The molecule has 0 bridgehead atoms. The SMILES string of the molecule is CNc1cc(C)nc(-c2ccc3nccnc3c2)n1. The Morgan fingerprint density at radius 1 is 0.947 bits per heavy atom. The second kappa shape index (κ2) is 4.61. The third-order valence-corrected chi connectivity index (χ3v) is 2.84. The Hall–Kier alpha value is -2.56. The molecule has 0 spiro atoms. The summed E-state index contributed by atoms with van der Waals surface area (Å²) in [5.41, 5.74) is 3.57. The van der Waals surface area contributed by atoms with Gasteiger partial charge in [-0.25, -0.2) is 9.97 Å². The van der Waals surface area contributed by atoms with Crippen LogP contribution in [0.25, 0.3) is 22.4 Å². The molecular weight excluding hydrogens is 238 g/mol. The van der Waals surface area contributed by atoms with E-state index >= 15 is 0 Å². The van der Waals surface area contributed by atoms with Crippen molar-refractivity contribution < 1.29 is 0 Å². The van der Waals surface area contributed by atoms with Crippen LogP contribution in [0.1, 0.15) is 5.69 Å². The molecule has 3 aromatic rings. The number of anilines is 1. The van der Waals surface area contributed by atoms with Gasteiger partial charge in [-0.2, -0.15) is 0 Å². The first-order chi connectivity index (χ1) is 9.26. The van der Waals surface area contributed by atoms with Crippen molar-refractivity contribution in [2.45, 2.75) is 6.92 Å². The van der Waals surface area contributed by atoms with Crippen LogP contribution in [0.2, 0.25) is 0 Å². The van der Waals surface area contributed by atoms with Gasteiger partial charge in [0, 0.05) is 36.8 Å². The van der Waals surface area contributed by atoms with Crippen molar-refractivity contribution in [3.63, 3.8) is 0 Å². The van der Waals surface area contributed by atoms with Gasteiger partial charge in [0.05, 0.1) is 11.0 Å². The van der Waals surface area contributed by atoms with Gasteiger partial charge in [-0.1, -0.05) is 0 Å². The molecule has 3 rings (SSSR count). The van der Waals surface area contributed by atoms with Gasteiger partial charge < -0.3 is 5.32 Å². The van der Waals surface area contributed by atoms with Crippen LogP contribution in [0.15, 0.2) is 36.7 Å². The zero-order chi connectivity index (χ0) is 13.2. The van der Waals surface area contributed by atoms with Crippen LogP contribution < -0.4 is 5.32 Å². The lowest BCUT2D eigenvalue weighted by atomic mass is 10.1. The number of fused-ring (bicyclic) bond motifs is 1. The molecule has 5 heteroatoms. The molecule has 2 heterocycles. The second-order valence-electron chi connectivity index (χ2n) is 4.23. The van der Waals surface area contributed by atoms with E-state index in [0.717, 1.165) is 28.1 Å². The highest BCUT2D eigenvalue weighted by atomic mass is 15.0. The van der Waals surface area contributed by atoms with E-state index in [0.29, 0.717) is 5.82 Å². The van der Waals surface area contributed by atoms with Crippen LogP contribution in [0.5, 0.6) is 0 Å². The molecule has 5 nitrogen and oxygen atoms in total. The summed E-state index contributed by atoms with van der Waals surface area (Å²) < 4.78 is 0. The van der Waals surface area contributed by atoms with Gasteiger partial charge in [-0.3, -0.25) is 9.97 Å². The molecule has 0 radical (unpaired) electrons. The fourth-order valence-electron chi connectivity index (χ4n) is 1.93. The van der Waals surface area contributed by atoms with E-state index in [1.807, 2.05) is 38.2 Å². The third-order valence-electron chi connectivity index (χ3n) is 2.84. The smallest absolute Gasteiger partial charge is 0.161 e. The summed E-state index contributed by atoms with van der Waals surface area (Å²) >= 11 is 0. The molecule has 0 aliphatic carbocycles. The Balaban J connectivity index is 2.15. The topological polar surface area (TPSA) is 63.6 Å². The minimum atomic E-state index is 0.692. The van der Waals surface area contributed by atoms with Crippen LogP contribution in [0.4, 0.5) is 5.82 Å². The molecule has 0 fully saturated rings. The number of hydrogen-bond acceptors (Lipinski definition) is 5. The predicted octanol–water partition coefficient (Wildman–Crippen LogP) is 2.44. The number of hydrogen-bond donors (Lipinski definition) is 1. The summed E-state index contributed by atoms with van der Waals surface area (Å²) in [5, 5.41) is 3.04. The van der Waals surface area contributed by atoms with E-state index in [1.54, 1.807) is 12.4 Å². The average Bonchev–Trinajstić information content (AvgIpc) is 2.46. The van der Waals surface area contributed by atoms with Crippen LogP contribution in [-0.2, 0) is 0 Å². The normalized spacial score (nSPS) is 10.6. The molecule has 0 saturated carbocycles. The van der Waals surface area contributed by atoms with Crippen LogP contribution in [-0.4, -0.2) is 27.0 Å². The van der Waals surface area contributed by atoms with Crippen molar-refractivity contribution in [3.8, 4) is 11.4 Å². The highest BCUT2D eigenvalue weighted by Crippen LogP contribution is 2.21. The lowest BCUT2D eigenvalue weighted by molar-refractivity contribution is 1.11. The minimum Gasteiger partial charge on any atom is -0.373 e. The van der Waals surface area contributed by atoms with E-state index in [-0.39, 0.29) is 0 Å². The monoisotopic (exact) mass is 251 g/mol. The van der Waals surface area contributed by atoms with Gasteiger partial charge in [-0.05, 0) is 25.1 Å². The molecule has 0 atom stereocenters. The first-order valence-corrected chi connectivity index (χ1v) is 6.01. The third kappa shape index (κ3) is 2.22. The number of benzene rings is 1. The highest BCUT2D eigenvalue weighted by Gasteiger charge is 2.06. The summed E-state index contributed by atoms with van der Waals surface area (Å²) in [6, 6.07) is 7.76. The lowest BCUT2D eigenvalue weighted by Crippen LogP contribution is -1.98. The van der Waals surface area contributed by atoms with Crippen molar-refractivity contribution in [2.75, 3.05) is 12.4 Å². The zero-order valence-electron chi connectivity index (χ0n) is 10.8. The first kappa shape index (κ1) is 11.5. The van der Waals surface area contributed by atoms with Gasteiger partial charge in [0.15, 0.2) is 5.82 Å². The number of rotatable bonds is 2. The molecule has 94 valence electrons. The minimum absolute atomic E-state index is 0.692. The highest BCUT2D eigenvalue weighted by molar-refractivity contribution is 5.79. The van der Waals surface area contributed by atoms with E-state index in [4.69, 9.17) is 0 Å². The molecule has 0 unspecified atom stereocenters. The second-order valence-corrected chi connectivity index (χ2v) is 4.23. The Morgan fingerprint density at radius 3 is 2.53 bits per heavy atom. The van der Waals surface area contributed by atoms with Gasteiger partial charge in [0.2, 0.25) is 0 Å². The maximum atomic E-state index is 4.46. The quantitative estimate of drug-likeness (QED) is 0.757. The number of nitrogens with zero attached hydrogens (tertiary/aromatic N) is 4. The van der Waals surface area contributed by atoms with Crippen LogP contribution in [0, 0.1) is 6.92 Å². The molecule has 0 aliphatic heterocycles. The molecule has 1 N–H and O–H groups in total. The first-order valence-electron chi connectivity index (χ1n) is 6.01. The summed E-state index contributed by atoms with van der Waals surface area (Å²) in [6.45, 7) is 1.95. The zero-order valence-corrected chi connectivity index (χ0v) is 10.8. The maximum absolute atomic E-state index is 4.46. The van der Waals surface area contributed by atoms with Crippen molar-refractivity contribution >= 4 is 16.9 Å². The van der Waals surface area contributed by atoms with E-state index in [9.17, 15) is 0 Å². The summed E-state index contributed by atoms with van der Waals surface area (Å²) in [4.78, 5) is 17.5. The van der Waals surface area contributed by atoms with E-state index in [1.165, 1.54) is 0 Å². The molecular formula is C14H13N5. The van der Waals surface area contributed by atoms with Crippen molar-refractivity contribution in [2.24, 2.45) is 0 Å². The molecule has 0 aliphatic rings. The average molecular weight is 251 g/mol. The van der Waals surface area contributed by atoms with Gasteiger partial charge in [0.1, 0.15) is 5.82 Å². The van der Waals surface area contributed by atoms with E-state index in [2.05, 4.69) is 25.3 Å². The van der Waals surface area contributed by atoms with Crippen molar-refractivity contribution in [1.29, 1.82) is 0 Å². The summed E-state index contributed by atoms with van der Waals surface area (Å²) in [6.07, 6.45) is 3.37. The van der Waals surface area contributed by atoms with Gasteiger partial charge >= 0.3 is 0 Å². The number of nitrogens with one attached hydrogen (secondary N) is 1. The number of aryl methyl sites for hydroxylation is 1. The van der Waals surface area contributed by atoms with Crippen molar-refractivity contribution in [1.82, 2.24) is 19.9 Å².